The zero-order valence-corrected chi connectivity index (χ0v) is 16.3. The maximum atomic E-state index is 12.5. The van der Waals surface area contributed by atoms with Crippen LogP contribution in [0.2, 0.25) is 5.02 Å². The smallest absolute Gasteiger partial charge is 0.322 e. The summed E-state index contributed by atoms with van der Waals surface area (Å²) in [5.41, 5.74) is 0.626. The van der Waals surface area contributed by atoms with E-state index in [4.69, 9.17) is 16.3 Å². The predicted octanol–water partition coefficient (Wildman–Crippen LogP) is 2.32. The fourth-order valence-electron chi connectivity index (χ4n) is 3.34. The Labute approximate surface area is 169 Å². The van der Waals surface area contributed by atoms with Crippen molar-refractivity contribution in [2.75, 3.05) is 67.6 Å². The molecule has 8 nitrogen and oxygen atoms in total. The van der Waals surface area contributed by atoms with Crippen LogP contribution in [0, 0.1) is 0 Å². The number of nitrogens with zero attached hydrogens (tertiary/aromatic N) is 5. The van der Waals surface area contributed by atoms with Gasteiger partial charge in [-0.3, -0.25) is 0 Å². The van der Waals surface area contributed by atoms with Crippen LogP contribution in [-0.2, 0) is 4.74 Å². The minimum atomic E-state index is -0.138. The number of hydrogen-bond acceptors (Lipinski definition) is 6. The van der Waals surface area contributed by atoms with Gasteiger partial charge in [0.05, 0.1) is 23.9 Å². The third kappa shape index (κ3) is 4.28. The summed E-state index contributed by atoms with van der Waals surface area (Å²) in [6.45, 7) is 5.78. The Morgan fingerprint density at radius 3 is 2.11 bits per heavy atom. The van der Waals surface area contributed by atoms with Gasteiger partial charge < -0.3 is 24.8 Å². The van der Waals surface area contributed by atoms with E-state index in [9.17, 15) is 4.79 Å². The molecule has 0 spiro atoms. The molecule has 0 radical (unpaired) electrons. The number of carbonyl (C=O) groups is 1. The van der Waals surface area contributed by atoms with Crippen LogP contribution in [0.15, 0.2) is 36.4 Å². The van der Waals surface area contributed by atoms with Crippen LogP contribution in [0.4, 0.5) is 22.1 Å². The fraction of sp³-hybridized carbons (Fsp3) is 0.421. The molecule has 2 amide bonds. The summed E-state index contributed by atoms with van der Waals surface area (Å²) in [6, 6.07) is 11.1. The van der Waals surface area contributed by atoms with Gasteiger partial charge in [-0.2, -0.15) is 0 Å². The van der Waals surface area contributed by atoms with Crippen LogP contribution in [0.3, 0.4) is 0 Å². The van der Waals surface area contributed by atoms with E-state index in [0.29, 0.717) is 36.9 Å². The number of benzene rings is 1. The van der Waals surface area contributed by atoms with Gasteiger partial charge in [-0.25, -0.2) is 4.79 Å². The van der Waals surface area contributed by atoms with E-state index < -0.39 is 0 Å². The van der Waals surface area contributed by atoms with Crippen molar-refractivity contribution in [1.82, 2.24) is 15.1 Å². The lowest BCUT2D eigenvalue weighted by Gasteiger charge is -2.35. The highest BCUT2D eigenvalue weighted by atomic mass is 35.5. The first kappa shape index (κ1) is 18.8. The molecule has 3 heterocycles. The van der Waals surface area contributed by atoms with Crippen molar-refractivity contribution in [2.24, 2.45) is 0 Å². The van der Waals surface area contributed by atoms with E-state index >= 15 is 0 Å². The molecule has 0 unspecified atom stereocenters. The second kappa shape index (κ2) is 8.62. The third-order valence-electron chi connectivity index (χ3n) is 4.98. The number of nitrogens with one attached hydrogen (secondary N) is 1. The van der Waals surface area contributed by atoms with E-state index in [1.807, 2.05) is 24.3 Å². The number of ether oxygens (including phenoxy) is 1. The molecule has 4 rings (SSSR count). The first-order valence-electron chi connectivity index (χ1n) is 9.42. The van der Waals surface area contributed by atoms with Crippen LogP contribution < -0.4 is 15.1 Å². The SMILES string of the molecule is O=C(Nc1ccccc1Cl)N1CCN(c2ccc(N3CCOCC3)nn2)CC1. The molecule has 2 aliphatic rings. The molecule has 0 atom stereocenters. The number of morpholine rings is 1. The summed E-state index contributed by atoms with van der Waals surface area (Å²) in [6.07, 6.45) is 0. The van der Waals surface area contributed by atoms with Gasteiger partial charge in [0.2, 0.25) is 0 Å². The minimum absolute atomic E-state index is 0.138. The summed E-state index contributed by atoms with van der Waals surface area (Å²) in [4.78, 5) is 18.6. The Morgan fingerprint density at radius 2 is 1.50 bits per heavy atom. The van der Waals surface area contributed by atoms with Crippen molar-refractivity contribution in [3.8, 4) is 0 Å². The van der Waals surface area contributed by atoms with Crippen LogP contribution in [0.5, 0.6) is 0 Å². The quantitative estimate of drug-likeness (QED) is 0.849. The first-order valence-corrected chi connectivity index (χ1v) is 9.80. The number of amides is 2. The zero-order chi connectivity index (χ0) is 19.3. The first-order chi connectivity index (χ1) is 13.7. The van der Waals surface area contributed by atoms with Gasteiger partial charge >= 0.3 is 6.03 Å². The monoisotopic (exact) mass is 402 g/mol. The predicted molar refractivity (Wildman–Crippen MR) is 109 cm³/mol. The van der Waals surface area contributed by atoms with Crippen LogP contribution >= 0.6 is 11.6 Å². The second-order valence-electron chi connectivity index (χ2n) is 6.73. The van der Waals surface area contributed by atoms with Gasteiger partial charge in [-0.15, -0.1) is 10.2 Å². The topological polar surface area (TPSA) is 73.8 Å². The number of halogens is 1. The highest BCUT2D eigenvalue weighted by Gasteiger charge is 2.23. The standard InChI is InChI=1S/C19H23ClN6O2/c20-15-3-1-2-4-16(15)21-19(27)26-9-7-24(8-10-26)17-5-6-18(23-22-17)25-11-13-28-14-12-25/h1-6H,7-14H2,(H,21,27). The molecule has 148 valence electrons. The molecule has 0 saturated carbocycles. The summed E-state index contributed by atoms with van der Waals surface area (Å²) < 4.78 is 5.37. The van der Waals surface area contributed by atoms with Crippen LogP contribution in [-0.4, -0.2) is 73.6 Å². The van der Waals surface area contributed by atoms with Crippen molar-refractivity contribution in [2.45, 2.75) is 0 Å². The summed E-state index contributed by atoms with van der Waals surface area (Å²) in [7, 11) is 0. The Kier molecular flexibility index (Phi) is 5.78. The molecular formula is C19H23ClN6O2. The van der Waals surface area contributed by atoms with E-state index in [1.165, 1.54) is 0 Å². The molecule has 2 fully saturated rings. The number of urea groups is 1. The molecule has 9 heteroatoms. The lowest BCUT2D eigenvalue weighted by Crippen LogP contribution is -2.50. The fourth-order valence-corrected chi connectivity index (χ4v) is 3.53. The van der Waals surface area contributed by atoms with E-state index in [2.05, 4.69) is 25.3 Å². The molecule has 28 heavy (non-hydrogen) atoms. The number of anilines is 3. The average Bonchev–Trinajstić information content (AvgIpc) is 2.76. The van der Waals surface area contributed by atoms with E-state index in [-0.39, 0.29) is 6.03 Å². The van der Waals surface area contributed by atoms with Crippen molar-refractivity contribution < 1.29 is 9.53 Å². The number of hydrogen-bond donors (Lipinski definition) is 1. The number of para-hydroxylation sites is 1. The molecule has 0 aliphatic carbocycles. The van der Waals surface area contributed by atoms with E-state index in [0.717, 1.165) is 37.9 Å². The molecule has 1 aromatic heterocycles. The maximum Gasteiger partial charge on any atom is 0.322 e. The Hall–Kier alpha value is -2.58. The highest BCUT2D eigenvalue weighted by molar-refractivity contribution is 6.33. The molecule has 2 aliphatic heterocycles. The number of rotatable bonds is 3. The minimum Gasteiger partial charge on any atom is -0.378 e. The molecular weight excluding hydrogens is 380 g/mol. The summed E-state index contributed by atoms with van der Waals surface area (Å²) in [5.74, 6) is 1.72. The van der Waals surface area contributed by atoms with Gasteiger partial charge in [-0.1, -0.05) is 23.7 Å². The van der Waals surface area contributed by atoms with Gasteiger partial charge in [0.1, 0.15) is 0 Å². The van der Waals surface area contributed by atoms with Crippen LogP contribution in [0.25, 0.3) is 0 Å². The molecule has 2 saturated heterocycles. The molecule has 1 aromatic carbocycles. The lowest BCUT2D eigenvalue weighted by atomic mass is 10.3. The Morgan fingerprint density at radius 1 is 0.893 bits per heavy atom. The van der Waals surface area contributed by atoms with Crippen LogP contribution in [0.1, 0.15) is 0 Å². The van der Waals surface area contributed by atoms with Gasteiger partial charge in [-0.05, 0) is 24.3 Å². The Bertz CT molecular complexity index is 804. The second-order valence-corrected chi connectivity index (χ2v) is 7.14. The van der Waals surface area contributed by atoms with Crippen molar-refractivity contribution in [3.63, 3.8) is 0 Å². The largest absolute Gasteiger partial charge is 0.378 e. The average molecular weight is 403 g/mol. The number of aromatic nitrogens is 2. The highest BCUT2D eigenvalue weighted by Crippen LogP contribution is 2.22. The zero-order valence-electron chi connectivity index (χ0n) is 15.6. The third-order valence-corrected chi connectivity index (χ3v) is 5.31. The molecule has 1 N–H and O–H groups in total. The maximum absolute atomic E-state index is 12.5. The number of carbonyl (C=O) groups excluding carboxylic acids is 1. The Balaban J connectivity index is 1.31. The van der Waals surface area contributed by atoms with Crippen molar-refractivity contribution in [3.05, 3.63) is 41.4 Å². The van der Waals surface area contributed by atoms with Gasteiger partial charge in [0.15, 0.2) is 11.6 Å². The van der Waals surface area contributed by atoms with Crippen molar-refractivity contribution >= 4 is 35.0 Å². The van der Waals surface area contributed by atoms with Gasteiger partial charge in [0, 0.05) is 39.3 Å². The summed E-state index contributed by atoms with van der Waals surface area (Å²) >= 11 is 6.11. The molecule has 2 aromatic rings. The number of piperazine rings is 1. The molecule has 0 bridgehead atoms. The van der Waals surface area contributed by atoms with E-state index in [1.54, 1.807) is 17.0 Å². The summed E-state index contributed by atoms with van der Waals surface area (Å²) in [5, 5.41) is 12.2. The normalized spacial score (nSPS) is 17.5. The van der Waals surface area contributed by atoms with Crippen molar-refractivity contribution in [1.29, 1.82) is 0 Å². The van der Waals surface area contributed by atoms with Gasteiger partial charge in [0.25, 0.3) is 0 Å². The lowest BCUT2D eigenvalue weighted by molar-refractivity contribution is 0.122.